The third-order valence-electron chi connectivity index (χ3n) is 7.59. The Morgan fingerprint density at radius 3 is 2.54 bits per heavy atom. The number of fused-ring (bicyclic) bond motifs is 1. The molecule has 2 aliphatic rings. The number of carbonyl (C=O) groups excluding carboxylic acids is 1. The molecule has 9 nitrogen and oxygen atoms in total. The van der Waals surface area contributed by atoms with Gasteiger partial charge in [-0.25, -0.2) is 0 Å². The first-order valence-electron chi connectivity index (χ1n) is 13.3. The van der Waals surface area contributed by atoms with Crippen LogP contribution >= 0.6 is 0 Å². The van der Waals surface area contributed by atoms with Gasteiger partial charge in [-0.3, -0.25) is 4.79 Å². The van der Waals surface area contributed by atoms with Gasteiger partial charge in [0.1, 0.15) is 47.6 Å². The number of nitrogens with zero attached hydrogens (tertiary/aromatic N) is 2. The molecule has 2 aliphatic heterocycles. The smallest absolute Gasteiger partial charge is 0.262 e. The van der Waals surface area contributed by atoms with Crippen molar-refractivity contribution in [2.24, 2.45) is 0 Å². The van der Waals surface area contributed by atoms with E-state index in [4.69, 9.17) is 9.15 Å². The Morgan fingerprint density at radius 2 is 1.77 bits per heavy atom. The molecule has 0 spiro atoms. The third-order valence-corrected chi connectivity index (χ3v) is 7.59. The molecule has 39 heavy (non-hydrogen) atoms. The van der Waals surface area contributed by atoms with E-state index in [1.807, 2.05) is 18.2 Å². The normalized spacial score (nSPS) is 24.2. The number of carbonyl (C=O) groups is 1. The van der Waals surface area contributed by atoms with Crippen molar-refractivity contribution in [3.05, 3.63) is 59.9 Å². The lowest BCUT2D eigenvalue weighted by Gasteiger charge is -2.35. The van der Waals surface area contributed by atoms with Crippen molar-refractivity contribution >= 4 is 27.9 Å². The number of benzene rings is 2. The number of amides is 1. The molecule has 3 heterocycles. The average molecular weight is 532 g/mol. The second-order valence-corrected chi connectivity index (χ2v) is 10.2. The van der Waals surface area contributed by atoms with Gasteiger partial charge in [0.05, 0.1) is 6.61 Å². The fourth-order valence-corrected chi connectivity index (χ4v) is 5.19. The minimum atomic E-state index is -1.37. The summed E-state index contributed by atoms with van der Waals surface area (Å²) in [4.78, 5) is 15.2. The monoisotopic (exact) mass is 531 g/mol. The Hall–Kier alpha value is -3.68. The van der Waals surface area contributed by atoms with Gasteiger partial charge in [-0.05, 0) is 67.3 Å². The highest BCUT2D eigenvalue weighted by atomic mass is 16.5. The van der Waals surface area contributed by atoms with Crippen molar-refractivity contribution in [1.29, 1.82) is 5.26 Å². The van der Waals surface area contributed by atoms with E-state index in [-0.39, 0.29) is 18.7 Å². The molecule has 5 rings (SSSR count). The van der Waals surface area contributed by atoms with Gasteiger partial charge in [0, 0.05) is 36.5 Å². The molecule has 2 aromatic carbocycles. The zero-order valence-electron chi connectivity index (χ0n) is 21.8. The Morgan fingerprint density at radius 1 is 1.03 bits per heavy atom. The van der Waals surface area contributed by atoms with Crippen LogP contribution in [0.5, 0.6) is 0 Å². The molecule has 4 atom stereocenters. The highest BCUT2D eigenvalue weighted by Crippen LogP contribution is 2.31. The molecule has 4 unspecified atom stereocenters. The molecule has 1 aromatic heterocycles. The number of hydrogen-bond donors (Lipinski definition) is 4. The van der Waals surface area contributed by atoms with Crippen molar-refractivity contribution in [3.8, 4) is 17.4 Å². The third kappa shape index (κ3) is 5.70. The van der Waals surface area contributed by atoms with E-state index in [1.165, 1.54) is 24.9 Å². The van der Waals surface area contributed by atoms with Crippen molar-refractivity contribution in [2.45, 2.75) is 50.6 Å². The van der Waals surface area contributed by atoms with Gasteiger partial charge in [-0.2, -0.15) is 5.26 Å². The van der Waals surface area contributed by atoms with E-state index < -0.39 is 30.3 Å². The molecular weight excluding hydrogens is 498 g/mol. The summed E-state index contributed by atoms with van der Waals surface area (Å²) in [6.07, 6.45) is -1.09. The number of hydrogen-bond acceptors (Lipinski definition) is 8. The van der Waals surface area contributed by atoms with Gasteiger partial charge in [0.2, 0.25) is 0 Å². The standard InChI is InChI=1S/C30H33N3O6/c1-18(23(15-31)30(37)32-16-27-29(36)28(35)24(34)17-38-27)25-9-10-26(39-25)21-6-5-20-14-22(8-7-19(20)13-21)33-11-3-2-4-12-33/h5-10,13-14,24,27-29,34-36H,2-4,11-12,16-17H2,1H3,(H,32,37). The summed E-state index contributed by atoms with van der Waals surface area (Å²) in [5.41, 5.74) is 2.37. The van der Waals surface area contributed by atoms with Crippen LogP contribution in [0.1, 0.15) is 31.9 Å². The number of anilines is 1. The highest BCUT2D eigenvalue weighted by Gasteiger charge is 2.37. The van der Waals surface area contributed by atoms with Crippen LogP contribution in [0.4, 0.5) is 5.69 Å². The molecule has 4 N–H and O–H groups in total. The van der Waals surface area contributed by atoms with Crippen molar-refractivity contribution in [1.82, 2.24) is 5.32 Å². The lowest BCUT2D eigenvalue weighted by molar-refractivity contribution is -0.185. The quantitative estimate of drug-likeness (QED) is 0.281. The zero-order chi connectivity index (χ0) is 27.5. The number of aliphatic hydroxyl groups excluding tert-OH is 3. The molecular formula is C30H33N3O6. The minimum Gasteiger partial charge on any atom is -0.456 e. The molecule has 2 fully saturated rings. The van der Waals surface area contributed by atoms with E-state index in [0.29, 0.717) is 17.1 Å². The highest BCUT2D eigenvalue weighted by molar-refractivity contribution is 6.04. The predicted molar refractivity (Wildman–Crippen MR) is 147 cm³/mol. The van der Waals surface area contributed by atoms with Crippen LogP contribution in [-0.4, -0.2) is 71.9 Å². The lowest BCUT2D eigenvalue weighted by Crippen LogP contribution is -2.56. The molecule has 204 valence electrons. The molecule has 9 heteroatoms. The minimum absolute atomic E-state index is 0.134. The van der Waals surface area contributed by atoms with Crippen LogP contribution in [-0.2, 0) is 9.53 Å². The summed E-state index contributed by atoms with van der Waals surface area (Å²) in [5.74, 6) is 0.361. The number of allylic oxidation sites excluding steroid dienone is 1. The Bertz CT molecular complexity index is 1420. The first kappa shape index (κ1) is 26.9. The van der Waals surface area contributed by atoms with Crippen LogP contribution in [0, 0.1) is 11.3 Å². The summed E-state index contributed by atoms with van der Waals surface area (Å²) in [6, 6.07) is 18.1. The number of nitrogens with one attached hydrogen (secondary N) is 1. The van der Waals surface area contributed by atoms with Crippen LogP contribution in [0.15, 0.2) is 58.5 Å². The fraction of sp³-hybridized carbons (Fsp3) is 0.400. The Labute approximate surface area is 226 Å². The molecule has 1 amide bonds. The largest absolute Gasteiger partial charge is 0.456 e. The molecule has 0 radical (unpaired) electrons. The first-order chi connectivity index (χ1) is 18.9. The van der Waals surface area contributed by atoms with E-state index in [2.05, 4.69) is 40.5 Å². The van der Waals surface area contributed by atoms with Gasteiger partial charge >= 0.3 is 0 Å². The molecule has 0 aliphatic carbocycles. The van der Waals surface area contributed by atoms with Crippen LogP contribution in [0.3, 0.4) is 0 Å². The lowest BCUT2D eigenvalue weighted by atomic mass is 10.00. The average Bonchev–Trinajstić information content (AvgIpc) is 3.46. The Kier molecular flexibility index (Phi) is 8.00. The summed E-state index contributed by atoms with van der Waals surface area (Å²) in [7, 11) is 0. The topological polar surface area (TPSA) is 139 Å². The second-order valence-electron chi connectivity index (χ2n) is 10.2. The summed E-state index contributed by atoms with van der Waals surface area (Å²) >= 11 is 0. The molecule has 0 bridgehead atoms. The number of aliphatic hydroxyl groups is 3. The molecule has 3 aromatic rings. The summed E-state index contributed by atoms with van der Waals surface area (Å²) < 4.78 is 11.4. The van der Waals surface area contributed by atoms with Gasteiger partial charge in [0.15, 0.2) is 0 Å². The van der Waals surface area contributed by atoms with Gasteiger partial charge in [0.25, 0.3) is 5.91 Å². The Balaban J connectivity index is 1.30. The van der Waals surface area contributed by atoms with E-state index in [9.17, 15) is 25.4 Å². The maximum absolute atomic E-state index is 12.8. The van der Waals surface area contributed by atoms with Crippen LogP contribution < -0.4 is 10.2 Å². The molecule has 2 saturated heterocycles. The van der Waals surface area contributed by atoms with Crippen LogP contribution in [0.25, 0.3) is 27.7 Å². The van der Waals surface area contributed by atoms with Gasteiger partial charge < -0.3 is 34.7 Å². The number of nitriles is 1. The van der Waals surface area contributed by atoms with E-state index in [1.54, 1.807) is 13.0 Å². The maximum atomic E-state index is 12.8. The van der Waals surface area contributed by atoms with E-state index >= 15 is 0 Å². The first-order valence-corrected chi connectivity index (χ1v) is 13.3. The number of piperidine rings is 1. The maximum Gasteiger partial charge on any atom is 0.262 e. The van der Waals surface area contributed by atoms with Gasteiger partial charge in [-0.15, -0.1) is 0 Å². The number of rotatable bonds is 6. The number of furan rings is 1. The summed E-state index contributed by atoms with van der Waals surface area (Å²) in [5, 5.41) is 44.0. The molecule has 0 saturated carbocycles. The fourth-order valence-electron chi connectivity index (χ4n) is 5.19. The van der Waals surface area contributed by atoms with Crippen molar-refractivity contribution in [2.75, 3.05) is 31.1 Å². The van der Waals surface area contributed by atoms with Crippen molar-refractivity contribution < 1.29 is 29.3 Å². The zero-order valence-corrected chi connectivity index (χ0v) is 21.8. The predicted octanol–water partition coefficient (Wildman–Crippen LogP) is 2.98. The van der Waals surface area contributed by atoms with Gasteiger partial charge in [-0.1, -0.05) is 18.2 Å². The van der Waals surface area contributed by atoms with E-state index in [0.717, 1.165) is 29.4 Å². The van der Waals surface area contributed by atoms with Crippen LogP contribution in [0.2, 0.25) is 0 Å². The second kappa shape index (κ2) is 11.6. The number of ether oxygens (including phenoxy) is 1. The summed E-state index contributed by atoms with van der Waals surface area (Å²) in [6.45, 7) is 3.52. The SMILES string of the molecule is CC(=C(C#N)C(=O)NCC1OCC(O)C(O)C1O)c1ccc(-c2ccc3cc(N4CCCCC4)ccc3c2)o1. The van der Waals surface area contributed by atoms with Crippen molar-refractivity contribution in [3.63, 3.8) is 0 Å².